The van der Waals surface area contributed by atoms with Crippen LogP contribution in [0.4, 0.5) is 4.39 Å². The van der Waals surface area contributed by atoms with Gasteiger partial charge in [-0.15, -0.1) is 5.10 Å². The highest BCUT2D eigenvalue weighted by Crippen LogP contribution is 2.36. The summed E-state index contributed by atoms with van der Waals surface area (Å²) in [6.07, 6.45) is 4.15. The zero-order valence-electron chi connectivity index (χ0n) is 12.1. The van der Waals surface area contributed by atoms with Crippen molar-refractivity contribution in [3.8, 4) is 22.4 Å². The van der Waals surface area contributed by atoms with E-state index in [1.807, 2.05) is 0 Å². The molecule has 2 N–H and O–H groups in total. The fraction of sp³-hybridized carbons (Fsp3) is 0.0667. The number of rotatable bonds is 3. The zero-order valence-corrected chi connectivity index (χ0v) is 13.0. The van der Waals surface area contributed by atoms with E-state index in [9.17, 15) is 12.8 Å². The maximum absolute atomic E-state index is 13.2. The summed E-state index contributed by atoms with van der Waals surface area (Å²) in [7, 11) is -3.61. The fourth-order valence-electron chi connectivity index (χ4n) is 2.34. The zero-order chi connectivity index (χ0) is 16.6. The number of sulfone groups is 1. The summed E-state index contributed by atoms with van der Waals surface area (Å²) in [5.41, 5.74) is 1.92. The second-order valence-corrected chi connectivity index (χ2v) is 6.92. The molecule has 8 heteroatoms. The van der Waals surface area contributed by atoms with Gasteiger partial charge in [0.1, 0.15) is 11.5 Å². The molecule has 0 amide bonds. The van der Waals surface area contributed by atoms with Crippen LogP contribution in [0.25, 0.3) is 22.4 Å². The van der Waals surface area contributed by atoms with E-state index < -0.39 is 15.7 Å². The maximum Gasteiger partial charge on any atom is 0.195 e. The van der Waals surface area contributed by atoms with E-state index in [4.69, 9.17) is 5.84 Å². The van der Waals surface area contributed by atoms with Crippen molar-refractivity contribution in [1.29, 1.82) is 0 Å². The molecule has 0 radical (unpaired) electrons. The Morgan fingerprint density at radius 2 is 1.65 bits per heavy atom. The second-order valence-electron chi connectivity index (χ2n) is 4.99. The SMILES string of the molecule is CS(=O)(=O)c1nn(N)c(-c2ccc(F)cc2)c1-c1ccncc1. The first kappa shape index (κ1) is 15.2. The molecule has 0 aliphatic rings. The van der Waals surface area contributed by atoms with Gasteiger partial charge >= 0.3 is 0 Å². The summed E-state index contributed by atoms with van der Waals surface area (Å²) in [6.45, 7) is 0. The molecule has 3 rings (SSSR count). The molecule has 0 spiro atoms. The van der Waals surface area contributed by atoms with Crippen LogP contribution in [0.15, 0.2) is 53.8 Å². The summed E-state index contributed by atoms with van der Waals surface area (Å²) in [4.78, 5) is 4.93. The molecule has 3 aromatic rings. The van der Waals surface area contributed by atoms with Crippen LogP contribution >= 0.6 is 0 Å². The average molecular weight is 332 g/mol. The Morgan fingerprint density at radius 3 is 2.22 bits per heavy atom. The van der Waals surface area contributed by atoms with Gasteiger partial charge < -0.3 is 5.84 Å². The minimum absolute atomic E-state index is 0.134. The Kier molecular flexibility index (Phi) is 3.61. The van der Waals surface area contributed by atoms with E-state index in [2.05, 4.69) is 10.1 Å². The molecule has 118 valence electrons. The molecule has 0 atom stereocenters. The molecule has 2 heterocycles. The first-order valence-electron chi connectivity index (χ1n) is 6.62. The van der Waals surface area contributed by atoms with Crippen LogP contribution in [0.1, 0.15) is 0 Å². The van der Waals surface area contributed by atoms with Crippen molar-refractivity contribution in [2.45, 2.75) is 5.03 Å². The lowest BCUT2D eigenvalue weighted by atomic mass is 10.0. The molecule has 1 aromatic carbocycles. The topological polar surface area (TPSA) is 90.9 Å². The number of benzene rings is 1. The highest BCUT2D eigenvalue weighted by atomic mass is 32.2. The van der Waals surface area contributed by atoms with Gasteiger partial charge in [0.2, 0.25) is 0 Å². The van der Waals surface area contributed by atoms with Crippen molar-refractivity contribution in [2.75, 3.05) is 12.1 Å². The molecule has 0 saturated carbocycles. The van der Waals surface area contributed by atoms with E-state index in [1.54, 1.807) is 24.5 Å². The van der Waals surface area contributed by atoms with Crippen LogP contribution in [0.3, 0.4) is 0 Å². The summed E-state index contributed by atoms with van der Waals surface area (Å²) >= 11 is 0. The molecular weight excluding hydrogens is 319 g/mol. The van der Waals surface area contributed by atoms with Gasteiger partial charge in [0.25, 0.3) is 0 Å². The van der Waals surface area contributed by atoms with Crippen molar-refractivity contribution in [3.05, 3.63) is 54.6 Å². The monoisotopic (exact) mass is 332 g/mol. The highest BCUT2D eigenvalue weighted by molar-refractivity contribution is 7.90. The molecule has 0 saturated heterocycles. The summed E-state index contributed by atoms with van der Waals surface area (Å²) in [5, 5.41) is 3.82. The number of aromatic nitrogens is 3. The lowest BCUT2D eigenvalue weighted by Crippen LogP contribution is -2.12. The van der Waals surface area contributed by atoms with Gasteiger partial charge in [-0.3, -0.25) is 4.98 Å². The van der Waals surface area contributed by atoms with Crippen LogP contribution in [0.2, 0.25) is 0 Å². The van der Waals surface area contributed by atoms with Gasteiger partial charge in [0.05, 0.1) is 0 Å². The normalized spacial score (nSPS) is 11.6. The van der Waals surface area contributed by atoms with Crippen LogP contribution in [0, 0.1) is 5.82 Å². The minimum atomic E-state index is -3.61. The lowest BCUT2D eigenvalue weighted by molar-refractivity contribution is 0.596. The van der Waals surface area contributed by atoms with Crippen LogP contribution in [-0.4, -0.2) is 29.5 Å². The minimum Gasteiger partial charge on any atom is -0.323 e. The number of hydrogen-bond donors (Lipinski definition) is 1. The number of hydrogen-bond acceptors (Lipinski definition) is 5. The number of pyridine rings is 1. The van der Waals surface area contributed by atoms with Crippen molar-refractivity contribution < 1.29 is 12.8 Å². The molecule has 23 heavy (non-hydrogen) atoms. The van der Waals surface area contributed by atoms with Crippen LogP contribution in [0.5, 0.6) is 0 Å². The highest BCUT2D eigenvalue weighted by Gasteiger charge is 2.26. The molecule has 0 aliphatic carbocycles. The predicted octanol–water partition coefficient (Wildman–Crippen LogP) is 1.87. The first-order chi connectivity index (χ1) is 10.9. The van der Waals surface area contributed by atoms with Crippen molar-refractivity contribution in [3.63, 3.8) is 0 Å². The molecule has 6 nitrogen and oxygen atoms in total. The van der Waals surface area contributed by atoms with Gasteiger partial charge in [-0.25, -0.2) is 12.8 Å². The average Bonchev–Trinajstić information content (AvgIpc) is 2.87. The third kappa shape index (κ3) is 2.80. The third-order valence-corrected chi connectivity index (χ3v) is 4.30. The van der Waals surface area contributed by atoms with Gasteiger partial charge in [0.15, 0.2) is 14.9 Å². The Morgan fingerprint density at radius 1 is 1.04 bits per heavy atom. The van der Waals surface area contributed by atoms with Crippen LogP contribution in [-0.2, 0) is 9.84 Å². The van der Waals surface area contributed by atoms with E-state index in [0.29, 0.717) is 22.4 Å². The standard InChI is InChI=1S/C15H13FN4O2S/c1-23(21,22)15-13(10-6-8-18-9-7-10)14(20(17)19-15)11-2-4-12(16)5-3-11/h2-9H,17H2,1H3. The smallest absolute Gasteiger partial charge is 0.195 e. The third-order valence-electron chi connectivity index (χ3n) is 3.32. The van der Waals surface area contributed by atoms with Crippen molar-refractivity contribution in [1.82, 2.24) is 14.9 Å². The van der Waals surface area contributed by atoms with Gasteiger partial charge in [-0.2, -0.15) is 4.79 Å². The van der Waals surface area contributed by atoms with E-state index in [0.717, 1.165) is 11.0 Å². The Balaban J connectivity index is 2.36. The van der Waals surface area contributed by atoms with Gasteiger partial charge in [0, 0.05) is 29.8 Å². The summed E-state index contributed by atoms with van der Waals surface area (Å²) in [5.74, 6) is 5.48. The number of nitrogens with zero attached hydrogens (tertiary/aromatic N) is 3. The molecule has 2 aromatic heterocycles. The molecule has 0 bridgehead atoms. The van der Waals surface area contributed by atoms with Gasteiger partial charge in [-0.05, 0) is 42.0 Å². The van der Waals surface area contributed by atoms with E-state index >= 15 is 0 Å². The largest absolute Gasteiger partial charge is 0.323 e. The first-order valence-corrected chi connectivity index (χ1v) is 8.51. The summed E-state index contributed by atoms with van der Waals surface area (Å²) in [6, 6.07) is 8.92. The molecule has 0 aliphatic heterocycles. The predicted molar refractivity (Wildman–Crippen MR) is 84.1 cm³/mol. The van der Waals surface area contributed by atoms with E-state index in [1.165, 1.54) is 24.3 Å². The Hall–Kier alpha value is -2.74. The van der Waals surface area contributed by atoms with Crippen LogP contribution < -0.4 is 5.84 Å². The fourth-order valence-corrected chi connectivity index (χ4v) is 3.16. The van der Waals surface area contributed by atoms with Crippen molar-refractivity contribution >= 4 is 9.84 Å². The van der Waals surface area contributed by atoms with E-state index in [-0.39, 0.29) is 5.03 Å². The maximum atomic E-state index is 13.2. The quantitative estimate of drug-likeness (QED) is 0.739. The lowest BCUT2D eigenvalue weighted by Gasteiger charge is -2.07. The second kappa shape index (κ2) is 5.47. The molecule has 0 unspecified atom stereocenters. The Labute approximate surface area is 132 Å². The summed E-state index contributed by atoms with van der Waals surface area (Å²) < 4.78 is 37.3. The molecule has 0 fully saturated rings. The number of nitrogen functional groups attached to an aromatic ring is 1. The molecular formula is C15H13FN4O2S. The van der Waals surface area contributed by atoms with Gasteiger partial charge in [-0.1, -0.05) is 0 Å². The Bertz CT molecular complexity index is 951. The van der Waals surface area contributed by atoms with Crippen molar-refractivity contribution in [2.24, 2.45) is 0 Å². The number of nitrogens with two attached hydrogens (primary N) is 1. The number of halogens is 1.